The topological polar surface area (TPSA) is 24.7 Å². The molecule has 0 bridgehead atoms. The van der Waals surface area contributed by atoms with Gasteiger partial charge in [-0.2, -0.15) is 0 Å². The van der Waals surface area contributed by atoms with E-state index < -0.39 is 0 Å². The van der Waals surface area contributed by atoms with Crippen LogP contribution in [0.4, 0.5) is 0 Å². The average molecular weight is 79.1 g/mol. The van der Waals surface area contributed by atoms with Crippen LogP contribution in [0, 0.1) is 0 Å². The second kappa shape index (κ2) is 1.43. The van der Waals surface area contributed by atoms with Crippen molar-refractivity contribution in [3.8, 4) is 0 Å². The molecule has 0 saturated carbocycles. The molecule has 0 saturated heterocycles. The second-order valence-electron chi connectivity index (χ2n) is 0.853. The first-order valence-corrected chi connectivity index (χ1v) is 1.64. The molecule has 6 heavy (non-hydrogen) atoms. The van der Waals surface area contributed by atoms with Crippen molar-refractivity contribution < 1.29 is 0 Å². The van der Waals surface area contributed by atoms with Gasteiger partial charge in [-0.25, -0.2) is 0 Å². The largest absolute Gasteiger partial charge is 0.240 e. The highest BCUT2D eigenvalue weighted by Crippen LogP contribution is 1.75. The van der Waals surface area contributed by atoms with Crippen molar-refractivity contribution in [1.29, 1.82) is 0 Å². The number of rotatable bonds is 0. The highest BCUT2D eigenvalue weighted by molar-refractivity contribution is 5.84. The number of allylic oxidation sites excluding steroid dienone is 2. The molecular weight excluding hydrogens is 76.1 g/mol. The molecule has 1 heterocycles. The van der Waals surface area contributed by atoms with Crippen LogP contribution >= 0.6 is 0 Å². The van der Waals surface area contributed by atoms with Crippen LogP contribution < -0.4 is 0 Å². The van der Waals surface area contributed by atoms with Crippen LogP contribution in [0.25, 0.3) is 0 Å². The molecule has 0 atom stereocenters. The van der Waals surface area contributed by atoms with Gasteiger partial charge in [0, 0.05) is 5.10 Å². The van der Waals surface area contributed by atoms with Crippen molar-refractivity contribution in [2.24, 2.45) is 10.2 Å². The first-order chi connectivity index (χ1) is 3.00. The predicted octanol–water partition coefficient (Wildman–Crippen LogP) is 0.490. The minimum Gasteiger partial charge on any atom is -0.107 e. The Balaban J connectivity index is 2.77. The summed E-state index contributed by atoms with van der Waals surface area (Å²) in [6, 6.07) is 0. The van der Waals surface area contributed by atoms with E-state index in [0.29, 0.717) is 0 Å². The van der Waals surface area contributed by atoms with Gasteiger partial charge in [-0.1, -0.05) is 0 Å². The summed E-state index contributed by atoms with van der Waals surface area (Å²) in [4.78, 5) is 0. The van der Waals surface area contributed by atoms with Gasteiger partial charge in [-0.15, -0.1) is 5.10 Å². The van der Waals surface area contributed by atoms with E-state index in [2.05, 4.69) is 16.4 Å². The molecule has 28 valence electrons. The summed E-state index contributed by atoms with van der Waals surface area (Å²) in [6.07, 6.45) is 7.61. The summed E-state index contributed by atoms with van der Waals surface area (Å²) >= 11 is 0. The maximum Gasteiger partial charge on any atom is 0.240 e. The smallest absolute Gasteiger partial charge is 0.107 e. The van der Waals surface area contributed by atoms with Crippen LogP contribution in [0.1, 0.15) is 0 Å². The van der Waals surface area contributed by atoms with Gasteiger partial charge >= 0.3 is 0 Å². The number of hydrogen-bond donors (Lipinski definition) is 0. The molecular formula is C4H3N2+. The molecule has 0 unspecified atom stereocenters. The maximum absolute atomic E-state index is 3.48. The Morgan fingerprint density at radius 3 is 2.67 bits per heavy atom. The SMILES string of the molecule is [C+]1=NN=CC=C1. The van der Waals surface area contributed by atoms with Crippen LogP contribution in [0.2, 0.25) is 0 Å². The Morgan fingerprint density at radius 2 is 2.50 bits per heavy atom. The first kappa shape index (κ1) is 3.19. The third-order valence-corrected chi connectivity index (χ3v) is 0.439. The van der Waals surface area contributed by atoms with E-state index in [1.807, 2.05) is 0 Å². The van der Waals surface area contributed by atoms with Crippen molar-refractivity contribution in [1.82, 2.24) is 0 Å². The summed E-state index contributed by atoms with van der Waals surface area (Å²) in [5.74, 6) is 0. The quantitative estimate of drug-likeness (QED) is 0.377. The van der Waals surface area contributed by atoms with Gasteiger partial charge < -0.3 is 0 Å². The minimum atomic E-state index is 1.61. The standard InChI is InChI=1S/C4H3N2/c1-2-4-6-5-3-1/h1-3H/q+1. The van der Waals surface area contributed by atoms with Crippen molar-refractivity contribution in [3.05, 3.63) is 12.2 Å². The van der Waals surface area contributed by atoms with E-state index in [1.165, 1.54) is 0 Å². The third kappa shape index (κ3) is 0.476. The van der Waals surface area contributed by atoms with Crippen LogP contribution in [0.3, 0.4) is 0 Å². The molecule has 0 aromatic carbocycles. The second-order valence-corrected chi connectivity index (χ2v) is 0.853. The van der Waals surface area contributed by atoms with E-state index in [4.69, 9.17) is 0 Å². The lowest BCUT2D eigenvalue weighted by atomic mass is 10.5. The van der Waals surface area contributed by atoms with Crippen molar-refractivity contribution >= 4 is 12.4 Å². The zero-order chi connectivity index (χ0) is 4.24. The van der Waals surface area contributed by atoms with Crippen molar-refractivity contribution in [2.45, 2.75) is 0 Å². The predicted molar refractivity (Wildman–Crippen MR) is 25.1 cm³/mol. The summed E-state index contributed by atoms with van der Waals surface area (Å²) in [6.45, 7) is 0. The Hall–Kier alpha value is -1.01. The summed E-state index contributed by atoms with van der Waals surface area (Å²) in [5.41, 5.74) is 0. The van der Waals surface area contributed by atoms with Gasteiger partial charge in [0.25, 0.3) is 0 Å². The first-order valence-electron chi connectivity index (χ1n) is 1.64. The van der Waals surface area contributed by atoms with Crippen molar-refractivity contribution in [2.75, 3.05) is 0 Å². The molecule has 0 N–H and O–H groups in total. The molecule has 0 fully saturated rings. The number of hydrogen-bond acceptors (Lipinski definition) is 2. The molecule has 0 aliphatic carbocycles. The highest BCUT2D eigenvalue weighted by atomic mass is 15.2. The van der Waals surface area contributed by atoms with Crippen molar-refractivity contribution in [3.63, 3.8) is 0 Å². The Labute approximate surface area is 35.9 Å². The van der Waals surface area contributed by atoms with Gasteiger partial charge in [0.15, 0.2) is 6.08 Å². The molecule has 1 rings (SSSR count). The Morgan fingerprint density at radius 1 is 1.50 bits per heavy atom. The molecule has 1 aliphatic rings. The molecule has 0 aromatic heterocycles. The van der Waals surface area contributed by atoms with Gasteiger partial charge in [-0.3, -0.25) is 0 Å². The molecule has 0 radical (unpaired) electrons. The molecule has 0 aromatic rings. The zero-order valence-corrected chi connectivity index (χ0v) is 3.13. The Bertz CT molecular complexity index is 74.9. The number of nitrogens with zero attached hydrogens (tertiary/aromatic N) is 2. The minimum absolute atomic E-state index is 1.61. The fraction of sp³-hybridized carbons (Fsp3) is 0. The fourth-order valence-corrected chi connectivity index (χ4v) is 0.225. The normalized spacial score (nSPS) is 14.7. The van der Waals surface area contributed by atoms with Gasteiger partial charge in [0.05, 0.1) is 6.08 Å². The molecule has 0 amide bonds. The maximum atomic E-state index is 3.48. The summed E-state index contributed by atoms with van der Waals surface area (Å²) in [7, 11) is 0. The molecule has 1 aliphatic heterocycles. The van der Waals surface area contributed by atoms with E-state index in [0.717, 1.165) is 0 Å². The highest BCUT2D eigenvalue weighted by Gasteiger charge is 1.82. The molecule has 2 heteroatoms. The van der Waals surface area contributed by atoms with E-state index in [9.17, 15) is 0 Å². The fourth-order valence-electron chi connectivity index (χ4n) is 0.225. The Kier molecular flexibility index (Phi) is 0.762. The van der Waals surface area contributed by atoms with Crippen LogP contribution in [0.5, 0.6) is 0 Å². The molecule has 2 nitrogen and oxygen atoms in total. The van der Waals surface area contributed by atoms with E-state index in [1.54, 1.807) is 18.4 Å². The van der Waals surface area contributed by atoms with Gasteiger partial charge in [0.2, 0.25) is 6.21 Å². The van der Waals surface area contributed by atoms with Gasteiger partial charge in [0.1, 0.15) is 6.21 Å². The summed E-state index contributed by atoms with van der Waals surface area (Å²) < 4.78 is 0. The lowest BCUT2D eigenvalue weighted by molar-refractivity contribution is 1.27. The monoisotopic (exact) mass is 79.0 g/mol. The summed E-state index contributed by atoms with van der Waals surface area (Å²) in [5, 5.41) is 6.89. The third-order valence-electron chi connectivity index (χ3n) is 0.439. The average Bonchev–Trinajstić information content (AvgIpc) is 1.72. The van der Waals surface area contributed by atoms with E-state index in [-0.39, 0.29) is 0 Å². The van der Waals surface area contributed by atoms with Gasteiger partial charge in [-0.05, 0) is 0 Å². The van der Waals surface area contributed by atoms with Crippen LogP contribution in [-0.4, -0.2) is 12.4 Å². The molecule has 0 spiro atoms. The van der Waals surface area contributed by atoms with E-state index >= 15 is 0 Å². The zero-order valence-electron chi connectivity index (χ0n) is 3.13. The van der Waals surface area contributed by atoms with Crippen LogP contribution in [-0.2, 0) is 0 Å². The lowest BCUT2D eigenvalue weighted by Gasteiger charge is -1.63. The lowest BCUT2D eigenvalue weighted by Crippen LogP contribution is -1.71. The van der Waals surface area contributed by atoms with Crippen LogP contribution in [0.15, 0.2) is 22.4 Å².